The average molecular weight is 290 g/mol. The molecule has 0 aromatic heterocycles. The summed E-state index contributed by atoms with van der Waals surface area (Å²) in [7, 11) is 1.75. The quantitative estimate of drug-likeness (QED) is 0.845. The van der Waals surface area contributed by atoms with Gasteiger partial charge in [-0.25, -0.2) is 0 Å². The van der Waals surface area contributed by atoms with E-state index in [1.165, 1.54) is 31.5 Å². The number of nitrogens with two attached hydrogens (primary N) is 1. The SMILES string of the molecule is COc1cccc2c1[C@@H]1CCN(CCCCN)C[C@H]1CO2. The molecule has 4 heteroatoms. The predicted molar refractivity (Wildman–Crippen MR) is 84.1 cm³/mol. The molecule has 1 fully saturated rings. The third kappa shape index (κ3) is 3.01. The molecule has 0 bridgehead atoms. The van der Waals surface area contributed by atoms with Crippen molar-refractivity contribution in [2.45, 2.75) is 25.2 Å². The van der Waals surface area contributed by atoms with Gasteiger partial charge >= 0.3 is 0 Å². The summed E-state index contributed by atoms with van der Waals surface area (Å²) >= 11 is 0. The number of benzene rings is 1. The lowest BCUT2D eigenvalue weighted by atomic mass is 9.78. The van der Waals surface area contributed by atoms with Gasteiger partial charge in [0, 0.05) is 18.0 Å². The molecule has 2 atom stereocenters. The molecule has 0 amide bonds. The second-order valence-electron chi connectivity index (χ2n) is 6.13. The molecule has 2 heterocycles. The van der Waals surface area contributed by atoms with E-state index in [4.69, 9.17) is 15.2 Å². The molecule has 1 aromatic rings. The van der Waals surface area contributed by atoms with Crippen LogP contribution in [0.1, 0.15) is 30.7 Å². The second kappa shape index (κ2) is 6.67. The summed E-state index contributed by atoms with van der Waals surface area (Å²) in [5, 5.41) is 0. The van der Waals surface area contributed by atoms with Gasteiger partial charge in [-0.15, -0.1) is 0 Å². The van der Waals surface area contributed by atoms with Crippen molar-refractivity contribution < 1.29 is 9.47 Å². The van der Waals surface area contributed by atoms with Crippen LogP contribution in [0.2, 0.25) is 0 Å². The van der Waals surface area contributed by atoms with Gasteiger partial charge in [0.25, 0.3) is 0 Å². The molecular weight excluding hydrogens is 264 g/mol. The Morgan fingerprint density at radius 2 is 2.29 bits per heavy atom. The molecule has 21 heavy (non-hydrogen) atoms. The Morgan fingerprint density at radius 1 is 1.38 bits per heavy atom. The molecule has 0 radical (unpaired) electrons. The van der Waals surface area contributed by atoms with Gasteiger partial charge in [0.1, 0.15) is 11.5 Å². The van der Waals surface area contributed by atoms with Crippen LogP contribution >= 0.6 is 0 Å². The monoisotopic (exact) mass is 290 g/mol. The first kappa shape index (κ1) is 14.7. The van der Waals surface area contributed by atoms with Crippen molar-refractivity contribution in [3.8, 4) is 11.5 Å². The minimum atomic E-state index is 0.579. The van der Waals surface area contributed by atoms with Crippen LogP contribution in [0.25, 0.3) is 0 Å². The maximum atomic E-state index is 5.98. The number of likely N-dealkylation sites (tertiary alicyclic amines) is 1. The van der Waals surface area contributed by atoms with E-state index in [0.717, 1.165) is 37.6 Å². The molecule has 2 aliphatic rings. The van der Waals surface area contributed by atoms with Crippen molar-refractivity contribution in [3.63, 3.8) is 0 Å². The van der Waals surface area contributed by atoms with Crippen LogP contribution in [0.4, 0.5) is 0 Å². The van der Waals surface area contributed by atoms with E-state index in [1.54, 1.807) is 7.11 Å². The molecule has 0 unspecified atom stereocenters. The first-order chi connectivity index (χ1) is 10.3. The lowest BCUT2D eigenvalue weighted by Crippen LogP contribution is -2.44. The summed E-state index contributed by atoms with van der Waals surface area (Å²) in [5.74, 6) is 3.17. The molecule has 3 rings (SSSR count). The Kier molecular flexibility index (Phi) is 4.66. The first-order valence-corrected chi connectivity index (χ1v) is 8.05. The summed E-state index contributed by atoms with van der Waals surface area (Å²) in [6.07, 6.45) is 3.52. The highest BCUT2D eigenvalue weighted by Gasteiger charge is 2.37. The third-order valence-corrected chi connectivity index (χ3v) is 4.82. The van der Waals surface area contributed by atoms with E-state index in [1.807, 2.05) is 6.07 Å². The van der Waals surface area contributed by atoms with Crippen LogP contribution in [0, 0.1) is 5.92 Å². The predicted octanol–water partition coefficient (Wildman–Crippen LogP) is 2.23. The van der Waals surface area contributed by atoms with E-state index in [0.29, 0.717) is 11.8 Å². The lowest BCUT2D eigenvalue weighted by molar-refractivity contribution is 0.0906. The van der Waals surface area contributed by atoms with Crippen molar-refractivity contribution in [2.75, 3.05) is 39.9 Å². The Labute approximate surface area is 127 Å². The molecule has 2 N–H and O–H groups in total. The molecule has 116 valence electrons. The van der Waals surface area contributed by atoms with E-state index in [9.17, 15) is 0 Å². The number of fused-ring (bicyclic) bond motifs is 3. The summed E-state index contributed by atoms with van der Waals surface area (Å²) in [5.41, 5.74) is 6.87. The number of methoxy groups -OCH3 is 1. The maximum absolute atomic E-state index is 5.98. The highest BCUT2D eigenvalue weighted by atomic mass is 16.5. The highest BCUT2D eigenvalue weighted by Crippen LogP contribution is 2.46. The highest BCUT2D eigenvalue weighted by molar-refractivity contribution is 5.49. The number of hydrogen-bond acceptors (Lipinski definition) is 4. The number of nitrogens with zero attached hydrogens (tertiary/aromatic N) is 1. The van der Waals surface area contributed by atoms with Crippen LogP contribution in [0.15, 0.2) is 18.2 Å². The fourth-order valence-electron chi connectivity index (χ4n) is 3.73. The molecule has 1 aromatic carbocycles. The Hall–Kier alpha value is -1.26. The second-order valence-corrected chi connectivity index (χ2v) is 6.13. The van der Waals surface area contributed by atoms with Crippen LogP contribution in [-0.2, 0) is 0 Å². The lowest BCUT2D eigenvalue weighted by Gasteiger charge is -2.42. The van der Waals surface area contributed by atoms with E-state index in [-0.39, 0.29) is 0 Å². The third-order valence-electron chi connectivity index (χ3n) is 4.82. The van der Waals surface area contributed by atoms with Gasteiger partial charge in [0.2, 0.25) is 0 Å². The number of piperidine rings is 1. The largest absolute Gasteiger partial charge is 0.496 e. The smallest absolute Gasteiger partial charge is 0.126 e. The first-order valence-electron chi connectivity index (χ1n) is 8.05. The van der Waals surface area contributed by atoms with Gasteiger partial charge in [-0.3, -0.25) is 0 Å². The fourth-order valence-corrected chi connectivity index (χ4v) is 3.73. The molecule has 0 spiro atoms. The summed E-state index contributed by atoms with van der Waals surface area (Å²) in [4.78, 5) is 2.57. The number of rotatable bonds is 5. The normalized spacial score (nSPS) is 24.9. The molecule has 0 aliphatic carbocycles. The van der Waals surface area contributed by atoms with E-state index >= 15 is 0 Å². The number of hydrogen-bond donors (Lipinski definition) is 1. The Balaban J connectivity index is 1.71. The molecule has 1 saturated heterocycles. The summed E-state index contributed by atoms with van der Waals surface area (Å²) < 4.78 is 11.5. The van der Waals surface area contributed by atoms with Gasteiger partial charge in [-0.1, -0.05) is 6.07 Å². The van der Waals surface area contributed by atoms with Gasteiger partial charge in [0.05, 0.1) is 13.7 Å². The maximum Gasteiger partial charge on any atom is 0.126 e. The zero-order chi connectivity index (χ0) is 14.7. The van der Waals surface area contributed by atoms with E-state index < -0.39 is 0 Å². The van der Waals surface area contributed by atoms with Gasteiger partial charge < -0.3 is 20.1 Å². The number of unbranched alkanes of at least 4 members (excludes halogenated alkanes) is 1. The Bertz CT molecular complexity index is 464. The molecule has 2 aliphatic heterocycles. The standard InChI is InChI=1S/C17H26N2O2/c1-20-15-5-4-6-16-17(15)14-7-10-19(9-3-2-8-18)11-13(14)12-21-16/h4-6,13-14H,2-3,7-12,18H2,1H3/t13-,14+/m0/s1. The van der Waals surface area contributed by atoms with Crippen molar-refractivity contribution in [3.05, 3.63) is 23.8 Å². The fraction of sp³-hybridized carbons (Fsp3) is 0.647. The van der Waals surface area contributed by atoms with E-state index in [2.05, 4.69) is 17.0 Å². The summed E-state index contributed by atoms with van der Waals surface area (Å²) in [6, 6.07) is 6.14. The minimum absolute atomic E-state index is 0.579. The van der Waals surface area contributed by atoms with Crippen molar-refractivity contribution in [1.29, 1.82) is 0 Å². The molecule has 4 nitrogen and oxygen atoms in total. The van der Waals surface area contributed by atoms with Crippen LogP contribution in [0.5, 0.6) is 11.5 Å². The molecule has 0 saturated carbocycles. The minimum Gasteiger partial charge on any atom is -0.496 e. The van der Waals surface area contributed by atoms with Crippen molar-refractivity contribution in [2.24, 2.45) is 11.7 Å². The van der Waals surface area contributed by atoms with Crippen LogP contribution in [0.3, 0.4) is 0 Å². The van der Waals surface area contributed by atoms with Gasteiger partial charge in [0.15, 0.2) is 0 Å². The molecular formula is C17H26N2O2. The van der Waals surface area contributed by atoms with Crippen molar-refractivity contribution >= 4 is 0 Å². The topological polar surface area (TPSA) is 47.7 Å². The van der Waals surface area contributed by atoms with Crippen LogP contribution < -0.4 is 15.2 Å². The number of ether oxygens (including phenoxy) is 2. The zero-order valence-electron chi connectivity index (χ0n) is 12.9. The van der Waals surface area contributed by atoms with Gasteiger partial charge in [-0.2, -0.15) is 0 Å². The summed E-state index contributed by atoms with van der Waals surface area (Å²) in [6.45, 7) is 5.10. The van der Waals surface area contributed by atoms with Gasteiger partial charge in [-0.05, 0) is 56.9 Å². The average Bonchev–Trinajstić information content (AvgIpc) is 2.54. The zero-order valence-corrected chi connectivity index (χ0v) is 12.9. The van der Waals surface area contributed by atoms with Crippen molar-refractivity contribution in [1.82, 2.24) is 4.90 Å². The van der Waals surface area contributed by atoms with Crippen LogP contribution in [-0.4, -0.2) is 44.8 Å². The Morgan fingerprint density at radius 3 is 3.10 bits per heavy atom.